The van der Waals surface area contributed by atoms with Crippen molar-refractivity contribution in [2.75, 3.05) is 6.61 Å². The maximum atomic E-state index is 14.2. The van der Waals surface area contributed by atoms with Crippen LogP contribution < -0.4 is 0 Å². The summed E-state index contributed by atoms with van der Waals surface area (Å²) in [5.41, 5.74) is 2.32. The summed E-state index contributed by atoms with van der Waals surface area (Å²) in [6, 6.07) is 7.54. The van der Waals surface area contributed by atoms with Crippen molar-refractivity contribution in [3.05, 3.63) is 41.2 Å². The first kappa shape index (κ1) is 15.4. The Morgan fingerprint density at radius 2 is 2.00 bits per heavy atom. The predicted molar refractivity (Wildman–Crippen MR) is 78.2 cm³/mol. The van der Waals surface area contributed by atoms with Gasteiger partial charge in [0.1, 0.15) is 17.5 Å². The van der Waals surface area contributed by atoms with Crippen LogP contribution in [0.4, 0.5) is 4.39 Å². The molecule has 0 saturated carbocycles. The molecule has 1 aromatic rings. The van der Waals surface area contributed by atoms with Crippen molar-refractivity contribution in [2.45, 2.75) is 33.1 Å². The van der Waals surface area contributed by atoms with Gasteiger partial charge in [-0.2, -0.15) is 0 Å². The third-order valence-corrected chi connectivity index (χ3v) is 3.75. The molecule has 0 fully saturated rings. The summed E-state index contributed by atoms with van der Waals surface area (Å²) in [7, 11) is 0. The lowest BCUT2D eigenvalue weighted by Gasteiger charge is -2.22. The van der Waals surface area contributed by atoms with Crippen molar-refractivity contribution in [2.24, 2.45) is 5.92 Å². The molecule has 0 N–H and O–H groups in total. The van der Waals surface area contributed by atoms with E-state index < -0.39 is 11.9 Å². The van der Waals surface area contributed by atoms with Gasteiger partial charge in [-0.3, -0.25) is 9.59 Å². The smallest absolute Gasteiger partial charge is 0.316 e. The highest BCUT2D eigenvalue weighted by Gasteiger charge is 2.29. The molecule has 2 rings (SSSR count). The number of carbonyl (C=O) groups excluding carboxylic acids is 2. The Bertz CT molecular complexity index is 589. The Kier molecular flexibility index (Phi) is 4.89. The monoisotopic (exact) mass is 290 g/mol. The van der Waals surface area contributed by atoms with E-state index in [1.54, 1.807) is 6.92 Å². The first-order valence-corrected chi connectivity index (χ1v) is 7.17. The van der Waals surface area contributed by atoms with Crippen LogP contribution in [0.25, 0.3) is 5.57 Å². The van der Waals surface area contributed by atoms with E-state index in [4.69, 9.17) is 4.74 Å². The van der Waals surface area contributed by atoms with Crippen LogP contribution in [-0.4, -0.2) is 18.4 Å². The minimum Gasteiger partial charge on any atom is -0.465 e. The molecule has 1 aliphatic carbocycles. The van der Waals surface area contributed by atoms with Gasteiger partial charge in [0.25, 0.3) is 0 Å². The largest absolute Gasteiger partial charge is 0.465 e. The van der Waals surface area contributed by atoms with Gasteiger partial charge in [0, 0.05) is 6.42 Å². The molecule has 21 heavy (non-hydrogen) atoms. The second kappa shape index (κ2) is 6.66. The van der Waals surface area contributed by atoms with Crippen molar-refractivity contribution < 1.29 is 18.7 Å². The number of carbonyl (C=O) groups is 2. The van der Waals surface area contributed by atoms with E-state index in [0.717, 1.165) is 11.1 Å². The molecule has 0 bridgehead atoms. The lowest BCUT2D eigenvalue weighted by atomic mass is 9.84. The third kappa shape index (κ3) is 3.38. The number of allylic oxidation sites excluding steroid dienone is 2. The number of ether oxygens (including phenoxy) is 1. The zero-order valence-electron chi connectivity index (χ0n) is 12.3. The van der Waals surface area contributed by atoms with Crippen LogP contribution >= 0.6 is 0 Å². The maximum Gasteiger partial charge on any atom is 0.316 e. The summed E-state index contributed by atoms with van der Waals surface area (Å²) < 4.78 is 19.1. The van der Waals surface area contributed by atoms with Crippen molar-refractivity contribution >= 4 is 17.3 Å². The van der Waals surface area contributed by atoms with Gasteiger partial charge in [0.05, 0.1) is 6.61 Å². The quantitative estimate of drug-likeness (QED) is 0.616. The van der Waals surface area contributed by atoms with Gasteiger partial charge < -0.3 is 4.74 Å². The molecule has 0 amide bonds. The fourth-order valence-electron chi connectivity index (χ4n) is 2.63. The average molecular weight is 290 g/mol. The first-order chi connectivity index (χ1) is 10.0. The molecule has 3 nitrogen and oxygen atoms in total. The molecule has 1 aromatic carbocycles. The number of hydrogen-bond donors (Lipinski definition) is 0. The van der Waals surface area contributed by atoms with Crippen LogP contribution in [-0.2, 0) is 20.7 Å². The van der Waals surface area contributed by atoms with Crippen molar-refractivity contribution in [3.8, 4) is 0 Å². The number of aryl methyl sites for hydroxylation is 1. The molecule has 0 radical (unpaired) electrons. The topological polar surface area (TPSA) is 43.4 Å². The summed E-state index contributed by atoms with van der Waals surface area (Å²) in [6.07, 6.45) is 1.03. The van der Waals surface area contributed by atoms with Gasteiger partial charge in [-0.15, -0.1) is 0 Å². The van der Waals surface area contributed by atoms with Crippen molar-refractivity contribution in [3.63, 3.8) is 0 Å². The highest BCUT2D eigenvalue weighted by molar-refractivity contribution is 5.99. The third-order valence-electron chi connectivity index (χ3n) is 3.75. The number of Topliss-reactive ketones (excluding diaryl/α,β-unsaturated/α-hetero) is 1. The molecule has 4 heteroatoms. The zero-order chi connectivity index (χ0) is 15.4. The highest BCUT2D eigenvalue weighted by atomic mass is 19.1. The van der Waals surface area contributed by atoms with E-state index in [2.05, 4.69) is 0 Å². The molecule has 1 unspecified atom stereocenters. The number of benzene rings is 1. The fourth-order valence-corrected chi connectivity index (χ4v) is 2.63. The van der Waals surface area contributed by atoms with Crippen molar-refractivity contribution in [1.82, 2.24) is 0 Å². The lowest BCUT2D eigenvalue weighted by molar-refractivity contribution is -0.150. The minimum absolute atomic E-state index is 0.0665. The number of ketones is 1. The van der Waals surface area contributed by atoms with Crippen LogP contribution in [0.1, 0.15) is 37.8 Å². The Morgan fingerprint density at radius 3 is 2.67 bits per heavy atom. The molecule has 1 atom stereocenters. The number of halogens is 1. The Balaban J connectivity index is 2.31. The normalized spacial score (nSPS) is 15.4. The van der Waals surface area contributed by atoms with Gasteiger partial charge in [-0.25, -0.2) is 4.39 Å². The molecule has 112 valence electrons. The summed E-state index contributed by atoms with van der Waals surface area (Å²) in [4.78, 5) is 23.6. The summed E-state index contributed by atoms with van der Waals surface area (Å²) in [5.74, 6) is -2.04. The van der Waals surface area contributed by atoms with Crippen LogP contribution in [0.2, 0.25) is 0 Å². The molecule has 0 aliphatic heterocycles. The van der Waals surface area contributed by atoms with Crippen LogP contribution in [0, 0.1) is 5.92 Å². The summed E-state index contributed by atoms with van der Waals surface area (Å²) in [5, 5.41) is 0. The van der Waals surface area contributed by atoms with E-state index in [1.165, 1.54) is 6.92 Å². The van der Waals surface area contributed by atoms with Gasteiger partial charge in [0.2, 0.25) is 0 Å². The average Bonchev–Trinajstić information content (AvgIpc) is 2.46. The predicted octanol–water partition coefficient (Wildman–Crippen LogP) is 3.47. The second-order valence-electron chi connectivity index (χ2n) is 5.16. The molecule has 0 spiro atoms. The van der Waals surface area contributed by atoms with E-state index in [1.807, 2.05) is 24.3 Å². The number of fused-ring (bicyclic) bond motifs is 1. The number of esters is 1. The van der Waals surface area contributed by atoms with E-state index >= 15 is 0 Å². The lowest BCUT2D eigenvalue weighted by Crippen LogP contribution is -2.25. The molecule has 0 heterocycles. The van der Waals surface area contributed by atoms with Gasteiger partial charge in [-0.1, -0.05) is 24.3 Å². The molecule has 0 aromatic heterocycles. The fraction of sp³-hybridized carbons (Fsp3) is 0.412. The molecule has 1 aliphatic rings. The van der Waals surface area contributed by atoms with Gasteiger partial charge >= 0.3 is 5.97 Å². The molecular weight excluding hydrogens is 271 g/mol. The first-order valence-electron chi connectivity index (χ1n) is 7.17. The van der Waals surface area contributed by atoms with Crippen LogP contribution in [0.3, 0.4) is 0 Å². The minimum atomic E-state index is -0.933. The Labute approximate surface area is 123 Å². The summed E-state index contributed by atoms with van der Waals surface area (Å²) >= 11 is 0. The molecular formula is C17H19FO3. The number of rotatable bonds is 5. The zero-order valence-corrected chi connectivity index (χ0v) is 12.3. The highest BCUT2D eigenvalue weighted by Crippen LogP contribution is 2.36. The molecule has 0 saturated heterocycles. The SMILES string of the molecule is CCOC(=O)C(CC1=C(F)CCc2ccccc21)C(C)=O. The summed E-state index contributed by atoms with van der Waals surface area (Å²) in [6.45, 7) is 3.24. The van der Waals surface area contributed by atoms with Crippen molar-refractivity contribution in [1.29, 1.82) is 0 Å². The second-order valence-corrected chi connectivity index (χ2v) is 5.16. The van der Waals surface area contributed by atoms with E-state index in [9.17, 15) is 14.0 Å². The van der Waals surface area contributed by atoms with E-state index in [0.29, 0.717) is 18.4 Å². The Hall–Kier alpha value is -1.97. The van der Waals surface area contributed by atoms with Gasteiger partial charge in [0.15, 0.2) is 0 Å². The standard InChI is InChI=1S/C17H19FO3/c1-3-21-17(20)14(11(2)19)10-15-13-7-5-4-6-12(13)8-9-16(15)18/h4-7,14H,3,8-10H2,1-2H3. The Morgan fingerprint density at radius 1 is 1.29 bits per heavy atom. The van der Waals surface area contributed by atoms with E-state index in [-0.39, 0.29) is 24.6 Å². The van der Waals surface area contributed by atoms with Crippen LogP contribution in [0.5, 0.6) is 0 Å². The maximum absolute atomic E-state index is 14.2. The van der Waals surface area contributed by atoms with Gasteiger partial charge in [-0.05, 0) is 43.4 Å². The number of hydrogen-bond acceptors (Lipinski definition) is 3. The van der Waals surface area contributed by atoms with Crippen LogP contribution in [0.15, 0.2) is 30.1 Å².